The van der Waals surface area contributed by atoms with Crippen molar-refractivity contribution in [2.75, 3.05) is 20.1 Å². The Morgan fingerprint density at radius 3 is 2.58 bits per heavy atom. The van der Waals surface area contributed by atoms with E-state index < -0.39 is 10.0 Å². The normalized spacial score (nSPS) is 25.6. The van der Waals surface area contributed by atoms with Gasteiger partial charge in [-0.2, -0.15) is 4.31 Å². The molecule has 0 amide bonds. The van der Waals surface area contributed by atoms with E-state index in [0.717, 1.165) is 12.0 Å². The topological polar surface area (TPSA) is 49.4 Å². The Morgan fingerprint density at radius 1 is 1.37 bits per heavy atom. The lowest BCUT2D eigenvalue weighted by molar-refractivity contribution is 0.223. The Labute approximate surface area is 119 Å². The van der Waals surface area contributed by atoms with Crippen molar-refractivity contribution in [1.29, 1.82) is 0 Å². The molecule has 0 saturated carbocycles. The van der Waals surface area contributed by atoms with Crippen molar-refractivity contribution in [2.45, 2.75) is 31.0 Å². The van der Waals surface area contributed by atoms with Gasteiger partial charge in [0.15, 0.2) is 0 Å². The fourth-order valence-corrected chi connectivity index (χ4v) is 5.76. The molecule has 1 fully saturated rings. The van der Waals surface area contributed by atoms with Gasteiger partial charge in [0.2, 0.25) is 0 Å². The molecule has 1 aliphatic rings. The molecule has 2 rings (SSSR count). The maximum Gasteiger partial charge on any atom is 0.252 e. The van der Waals surface area contributed by atoms with Crippen molar-refractivity contribution in [2.24, 2.45) is 11.8 Å². The molecule has 108 valence electrons. The van der Waals surface area contributed by atoms with E-state index >= 15 is 0 Å². The Kier molecular flexibility index (Phi) is 4.66. The molecule has 0 aliphatic carbocycles. The molecule has 2 heterocycles. The third-order valence-corrected chi connectivity index (χ3v) is 6.74. The van der Waals surface area contributed by atoms with Crippen LogP contribution in [0.25, 0.3) is 0 Å². The second-order valence-electron chi connectivity index (χ2n) is 5.57. The first kappa shape index (κ1) is 15.0. The fraction of sp³-hybridized carbons (Fsp3) is 0.692. The molecule has 1 N–H and O–H groups in total. The van der Waals surface area contributed by atoms with E-state index in [-0.39, 0.29) is 0 Å². The van der Waals surface area contributed by atoms with Crippen molar-refractivity contribution in [3.8, 4) is 0 Å². The number of sulfonamides is 1. The number of rotatable bonds is 4. The molecule has 19 heavy (non-hydrogen) atoms. The summed E-state index contributed by atoms with van der Waals surface area (Å²) in [5.41, 5.74) is 1.03. The molecule has 1 aliphatic heterocycles. The predicted molar refractivity (Wildman–Crippen MR) is 78.8 cm³/mol. The molecule has 1 aromatic heterocycles. The van der Waals surface area contributed by atoms with Crippen LogP contribution >= 0.6 is 11.3 Å². The van der Waals surface area contributed by atoms with Crippen molar-refractivity contribution in [3.05, 3.63) is 17.0 Å². The van der Waals surface area contributed by atoms with Gasteiger partial charge in [-0.1, -0.05) is 13.8 Å². The third-order valence-electron chi connectivity index (χ3n) is 3.44. The van der Waals surface area contributed by atoms with E-state index in [0.29, 0.717) is 35.7 Å². The summed E-state index contributed by atoms with van der Waals surface area (Å²) in [6.07, 6.45) is 1.11. The molecule has 2 atom stereocenters. The van der Waals surface area contributed by atoms with Crippen LogP contribution in [0.3, 0.4) is 0 Å². The van der Waals surface area contributed by atoms with Gasteiger partial charge in [-0.15, -0.1) is 11.3 Å². The Bertz CT molecular complexity index is 515. The SMILES string of the molecule is CNCc1csc(S(=O)(=O)N2CC(C)CC(C)C2)c1. The highest BCUT2D eigenvalue weighted by Gasteiger charge is 2.32. The van der Waals surface area contributed by atoms with Crippen LogP contribution in [0, 0.1) is 11.8 Å². The molecule has 1 aromatic rings. The molecule has 0 radical (unpaired) electrons. The van der Waals surface area contributed by atoms with E-state index in [4.69, 9.17) is 0 Å². The molecule has 4 nitrogen and oxygen atoms in total. The summed E-state index contributed by atoms with van der Waals surface area (Å²) in [5, 5.41) is 4.96. The zero-order chi connectivity index (χ0) is 14.0. The van der Waals surface area contributed by atoms with Gasteiger partial charge in [-0.05, 0) is 42.3 Å². The molecular weight excluding hydrogens is 280 g/mol. The second kappa shape index (κ2) is 5.91. The maximum absolute atomic E-state index is 12.6. The standard InChI is InChI=1S/C13H22N2O2S2/c1-10-4-11(2)8-15(7-10)19(16,17)13-5-12(6-14-3)9-18-13/h5,9-11,14H,4,6-8H2,1-3H3. The highest BCUT2D eigenvalue weighted by atomic mass is 32.2. The monoisotopic (exact) mass is 302 g/mol. The van der Waals surface area contributed by atoms with Gasteiger partial charge in [0, 0.05) is 19.6 Å². The van der Waals surface area contributed by atoms with Crippen LogP contribution in [-0.2, 0) is 16.6 Å². The third kappa shape index (κ3) is 3.37. The number of piperidine rings is 1. The van der Waals surface area contributed by atoms with Crippen molar-refractivity contribution < 1.29 is 8.42 Å². The Hall–Kier alpha value is -0.430. The summed E-state index contributed by atoms with van der Waals surface area (Å²) in [7, 11) is -1.44. The zero-order valence-corrected chi connectivity index (χ0v) is 13.4. The van der Waals surface area contributed by atoms with Crippen LogP contribution in [-0.4, -0.2) is 32.9 Å². The van der Waals surface area contributed by atoms with E-state index in [2.05, 4.69) is 19.2 Å². The maximum atomic E-state index is 12.6. The highest BCUT2D eigenvalue weighted by molar-refractivity contribution is 7.91. The lowest BCUT2D eigenvalue weighted by Gasteiger charge is -2.33. The quantitative estimate of drug-likeness (QED) is 0.927. The van der Waals surface area contributed by atoms with Gasteiger partial charge in [0.05, 0.1) is 0 Å². The summed E-state index contributed by atoms with van der Waals surface area (Å²) in [4.78, 5) is 0. The summed E-state index contributed by atoms with van der Waals surface area (Å²) in [6.45, 7) is 6.24. The van der Waals surface area contributed by atoms with Crippen molar-refractivity contribution >= 4 is 21.4 Å². The summed E-state index contributed by atoms with van der Waals surface area (Å²) < 4.78 is 27.3. The summed E-state index contributed by atoms with van der Waals surface area (Å²) in [6, 6.07) is 1.79. The minimum Gasteiger partial charge on any atom is -0.316 e. The van der Waals surface area contributed by atoms with Gasteiger partial charge < -0.3 is 5.32 Å². The zero-order valence-electron chi connectivity index (χ0n) is 11.7. The predicted octanol–water partition coefficient (Wildman–Crippen LogP) is 2.13. The van der Waals surface area contributed by atoms with Crippen LogP contribution in [0.1, 0.15) is 25.8 Å². The van der Waals surface area contributed by atoms with Gasteiger partial charge in [0.1, 0.15) is 4.21 Å². The first-order valence-electron chi connectivity index (χ1n) is 6.65. The minimum atomic E-state index is -3.30. The molecule has 0 bridgehead atoms. The first-order chi connectivity index (χ1) is 8.93. The molecular formula is C13H22N2O2S2. The summed E-state index contributed by atoms with van der Waals surface area (Å²) >= 11 is 1.32. The van der Waals surface area contributed by atoms with E-state index in [1.165, 1.54) is 11.3 Å². The number of nitrogens with one attached hydrogen (secondary N) is 1. The minimum absolute atomic E-state index is 0.440. The number of nitrogens with zero attached hydrogens (tertiary/aromatic N) is 1. The van der Waals surface area contributed by atoms with Crippen molar-refractivity contribution in [3.63, 3.8) is 0 Å². The number of hydrogen-bond donors (Lipinski definition) is 1. The van der Waals surface area contributed by atoms with E-state index in [1.807, 2.05) is 12.4 Å². The lowest BCUT2D eigenvalue weighted by Crippen LogP contribution is -2.42. The van der Waals surface area contributed by atoms with Crippen LogP contribution in [0.15, 0.2) is 15.7 Å². The average molecular weight is 302 g/mol. The largest absolute Gasteiger partial charge is 0.316 e. The van der Waals surface area contributed by atoms with Crippen LogP contribution in [0.5, 0.6) is 0 Å². The van der Waals surface area contributed by atoms with Gasteiger partial charge in [0.25, 0.3) is 10.0 Å². The van der Waals surface area contributed by atoms with Crippen LogP contribution in [0.4, 0.5) is 0 Å². The Morgan fingerprint density at radius 2 is 2.00 bits per heavy atom. The highest BCUT2D eigenvalue weighted by Crippen LogP contribution is 2.29. The van der Waals surface area contributed by atoms with Gasteiger partial charge >= 0.3 is 0 Å². The van der Waals surface area contributed by atoms with E-state index in [1.54, 1.807) is 10.4 Å². The Balaban J connectivity index is 2.20. The van der Waals surface area contributed by atoms with Crippen LogP contribution < -0.4 is 5.32 Å². The summed E-state index contributed by atoms with van der Waals surface area (Å²) in [5.74, 6) is 0.880. The molecule has 2 unspecified atom stereocenters. The number of thiophene rings is 1. The first-order valence-corrected chi connectivity index (χ1v) is 8.97. The second-order valence-corrected chi connectivity index (χ2v) is 8.65. The van der Waals surface area contributed by atoms with Gasteiger partial charge in [-0.25, -0.2) is 8.42 Å². The van der Waals surface area contributed by atoms with Crippen molar-refractivity contribution in [1.82, 2.24) is 9.62 Å². The fourth-order valence-electron chi connectivity index (χ4n) is 2.71. The van der Waals surface area contributed by atoms with Gasteiger partial charge in [-0.3, -0.25) is 0 Å². The van der Waals surface area contributed by atoms with E-state index in [9.17, 15) is 8.42 Å². The molecule has 0 aromatic carbocycles. The molecule has 6 heteroatoms. The number of hydrogen-bond acceptors (Lipinski definition) is 4. The smallest absolute Gasteiger partial charge is 0.252 e. The molecule has 1 saturated heterocycles. The average Bonchev–Trinajstić information content (AvgIpc) is 2.77. The molecule has 0 spiro atoms. The lowest BCUT2D eigenvalue weighted by atomic mass is 9.94. The van der Waals surface area contributed by atoms with Crippen LogP contribution in [0.2, 0.25) is 0 Å².